The van der Waals surface area contributed by atoms with Crippen LogP contribution in [-0.2, 0) is 80.4 Å². The molecule has 0 saturated heterocycles. The van der Waals surface area contributed by atoms with Crippen LogP contribution in [0.3, 0.4) is 0 Å². The van der Waals surface area contributed by atoms with Gasteiger partial charge in [-0.25, -0.2) is 0 Å². The van der Waals surface area contributed by atoms with Gasteiger partial charge in [0.05, 0.1) is 16.3 Å². The molecule has 0 aliphatic rings. The summed E-state index contributed by atoms with van der Waals surface area (Å²) >= 11 is 0. The van der Waals surface area contributed by atoms with Crippen LogP contribution >= 0.6 is 16.3 Å². The van der Waals surface area contributed by atoms with Gasteiger partial charge in [-0.2, -0.15) is 0 Å². The van der Waals surface area contributed by atoms with Crippen LogP contribution in [0.15, 0.2) is 121 Å². The summed E-state index contributed by atoms with van der Waals surface area (Å²) in [5.74, 6) is 0. The van der Waals surface area contributed by atoms with Gasteiger partial charge >= 0.3 is 90.4 Å². The molecule has 4 aromatic rings. The van der Waals surface area contributed by atoms with Gasteiger partial charge in [-0.3, -0.25) is 0 Å². The van der Waals surface area contributed by atoms with Crippen LogP contribution in [0, 0.1) is 53.2 Å². The molecule has 0 aliphatic carbocycles. The van der Waals surface area contributed by atoms with Crippen molar-refractivity contribution in [3.63, 3.8) is 0 Å². The zero-order valence-electron chi connectivity index (χ0n) is 25.3. The van der Waals surface area contributed by atoms with E-state index in [1.807, 2.05) is 72.8 Å². The van der Waals surface area contributed by atoms with Crippen LogP contribution in [0.2, 0.25) is 0 Å². The molecule has 4 rings (SSSR count). The molecule has 0 aliphatic heterocycles. The minimum Gasteiger partial charge on any atom is 0 e. The number of hydrogen-bond donors (Lipinski definition) is 0. The van der Waals surface area contributed by atoms with E-state index in [1.54, 1.807) is 14.2 Å². The summed E-state index contributed by atoms with van der Waals surface area (Å²) in [4.78, 5) is 0. The molecule has 0 atom stereocenters. The summed E-state index contributed by atoms with van der Waals surface area (Å²) in [7, 11) is 2.24. The average Bonchev–Trinajstić information content (AvgIpc) is 3.21. The van der Waals surface area contributed by atoms with Crippen LogP contribution in [0.25, 0.3) is 0 Å². The van der Waals surface area contributed by atoms with Crippen molar-refractivity contribution >= 4 is 37.5 Å². The smallest absolute Gasteiger partial charge is 0 e. The maximum absolute atomic E-state index is 7.50. The van der Waals surface area contributed by atoms with Crippen LogP contribution in [0.5, 0.6) is 0 Å². The van der Waals surface area contributed by atoms with Crippen molar-refractivity contribution in [1.29, 1.82) is 0 Å². The van der Waals surface area contributed by atoms with Crippen molar-refractivity contribution in [2.24, 2.45) is 0 Å². The maximum Gasteiger partial charge on any atom is 0 e. The second kappa shape index (κ2) is 59.1. The van der Waals surface area contributed by atoms with Crippen molar-refractivity contribution in [2.45, 2.75) is 0 Å². The van der Waals surface area contributed by atoms with Crippen molar-refractivity contribution in [3.8, 4) is 0 Å². The third-order valence-corrected chi connectivity index (χ3v) is 8.13. The van der Waals surface area contributed by atoms with Gasteiger partial charge in [-0.1, -0.05) is 121 Å². The van der Waals surface area contributed by atoms with Gasteiger partial charge in [-0.05, 0) is 0 Å². The first-order valence-electron chi connectivity index (χ1n) is 11.4. The Balaban J connectivity index is -0.0000000762. The van der Waals surface area contributed by atoms with E-state index >= 15 is 0 Å². The summed E-state index contributed by atoms with van der Waals surface area (Å²) in [6.07, 6.45) is 0. The maximum atomic E-state index is 7.50. The first-order chi connectivity index (χ1) is 22.8. The fourth-order valence-electron chi connectivity index (χ4n) is 2.97. The summed E-state index contributed by atoms with van der Waals surface area (Å²) in [6.45, 7) is 36.0. The Hall–Kier alpha value is -3.38. The third-order valence-electron chi connectivity index (χ3n) is 4.33. The van der Waals surface area contributed by atoms with Crippen molar-refractivity contribution in [3.05, 3.63) is 175 Å². The summed E-state index contributed by atoms with van der Waals surface area (Å²) in [5, 5.41) is 5.00. The van der Waals surface area contributed by atoms with Gasteiger partial charge in [0.2, 0.25) is 0 Å². The molecule has 4 aromatic carbocycles. The minimum atomic E-state index is -0.649. The van der Waals surface area contributed by atoms with Crippen LogP contribution in [-0.4, -0.2) is 14.2 Å². The fourth-order valence-corrected chi connectivity index (χ4v) is 6.18. The van der Waals surface area contributed by atoms with Crippen molar-refractivity contribution < 1.29 is 80.4 Å². The van der Waals surface area contributed by atoms with Crippen LogP contribution < -0.4 is 21.2 Å². The van der Waals surface area contributed by atoms with E-state index in [2.05, 4.69) is 102 Å². The topological polar surface area (TPSA) is 178 Å². The monoisotopic (exact) mass is 766 g/mol. The normalized spacial score (nSPS) is 6.92. The molecule has 48 heavy (non-hydrogen) atoms. The summed E-state index contributed by atoms with van der Waals surface area (Å²) < 4.78 is 71.2. The van der Waals surface area contributed by atoms with E-state index in [1.165, 1.54) is 21.2 Å². The van der Waals surface area contributed by atoms with Gasteiger partial charge in [0.25, 0.3) is 0 Å². The molecule has 0 heterocycles. The zero-order valence-corrected chi connectivity index (χ0v) is 29.4. The molecule has 0 spiro atoms. The molecule has 0 fully saturated rings. The van der Waals surface area contributed by atoms with E-state index in [0.29, 0.717) is 0 Å². The van der Waals surface area contributed by atoms with E-state index < -0.39 is 16.3 Å². The standard InChI is InChI=1S/2C13H13OP.8CO.2Mn/c2*1-14-15(12-8-4-2-5-9-12)13-10-6-3-7-11-13;8*1-2;;/h2*2-11H,1H3;;;;;;;;;;. The van der Waals surface area contributed by atoms with Crippen molar-refractivity contribution in [1.82, 2.24) is 0 Å². The van der Waals surface area contributed by atoms with Crippen molar-refractivity contribution in [2.75, 3.05) is 14.2 Å². The molecular weight excluding hydrogens is 740 g/mol. The van der Waals surface area contributed by atoms with E-state index in [0.717, 1.165) is 0 Å². The first-order valence-corrected chi connectivity index (χ1v) is 13.9. The molecular formula is C34H26Mn2O10P2. The molecule has 0 saturated carbocycles. The second-order valence-corrected chi connectivity index (χ2v) is 10.3. The molecule has 2 radical (unpaired) electrons. The quantitative estimate of drug-likeness (QED) is 0.116. The Kier molecular flexibility index (Phi) is 77.9. The van der Waals surface area contributed by atoms with Gasteiger partial charge in [0.15, 0.2) is 0 Å². The minimum absolute atomic E-state index is 0. The SMILES string of the molecule is COP(c1ccccc1)c1ccccc1.COP(c1ccccc1)c1ccccc1.[C-]#[O+].[C-]#[O+].[C-]#[O+].[C-]#[O+].[C-]#[O+].[C-]#[O+].[C-]#[O+].[C-]#[O+].[Mn].[Mn]. The predicted octanol–water partition coefficient (Wildman–Crippen LogP) is 5.06. The average molecular weight is 766 g/mol. The molecule has 14 heteroatoms. The second-order valence-electron chi connectivity index (χ2n) is 6.30. The van der Waals surface area contributed by atoms with Gasteiger partial charge in [0.1, 0.15) is 0 Å². The Bertz CT molecular complexity index is 1110. The molecule has 0 amide bonds. The Labute approximate surface area is 305 Å². The molecule has 246 valence electrons. The summed E-state index contributed by atoms with van der Waals surface area (Å²) in [6, 6.07) is 41.4. The molecule has 0 aromatic heterocycles. The molecule has 0 N–H and O–H groups in total. The van der Waals surface area contributed by atoms with E-state index in [9.17, 15) is 0 Å². The number of benzene rings is 4. The zero-order chi connectivity index (χ0) is 37.0. The van der Waals surface area contributed by atoms with Gasteiger partial charge in [0, 0.05) is 69.6 Å². The molecule has 10 nitrogen and oxygen atoms in total. The molecule has 0 bridgehead atoms. The van der Waals surface area contributed by atoms with Gasteiger partial charge in [-0.15, -0.1) is 0 Å². The Morgan fingerprint density at radius 2 is 0.438 bits per heavy atom. The largest absolute Gasteiger partial charge is 0 e. The fraction of sp³-hybridized carbons (Fsp3) is 0.0588. The predicted molar refractivity (Wildman–Crippen MR) is 164 cm³/mol. The van der Waals surface area contributed by atoms with Crippen LogP contribution in [0.1, 0.15) is 0 Å². The Morgan fingerprint density at radius 1 is 0.312 bits per heavy atom. The van der Waals surface area contributed by atoms with Gasteiger partial charge < -0.3 is 9.05 Å². The Morgan fingerprint density at radius 3 is 0.542 bits per heavy atom. The van der Waals surface area contributed by atoms with E-state index in [4.69, 9.17) is 46.3 Å². The summed E-state index contributed by atoms with van der Waals surface area (Å²) in [5.41, 5.74) is 0. The number of hydrogen-bond acceptors (Lipinski definition) is 2. The van der Waals surface area contributed by atoms with Crippen LogP contribution in [0.4, 0.5) is 0 Å². The first kappa shape index (κ1) is 63.3. The molecule has 0 unspecified atom stereocenters. The number of rotatable bonds is 6. The third kappa shape index (κ3) is 31.2. The van der Waals surface area contributed by atoms with E-state index in [-0.39, 0.29) is 34.1 Å².